The van der Waals surface area contributed by atoms with Gasteiger partial charge >= 0.3 is 0 Å². The van der Waals surface area contributed by atoms with E-state index in [-0.39, 0.29) is 35.8 Å². The first kappa shape index (κ1) is 27.8. The largest absolute Gasteiger partial charge is 0.369 e. The van der Waals surface area contributed by atoms with Crippen molar-refractivity contribution in [3.05, 3.63) is 70.8 Å². The molecule has 0 aromatic heterocycles. The molecule has 2 atom stereocenters. The zero-order valence-corrected chi connectivity index (χ0v) is 21.5. The van der Waals surface area contributed by atoms with Gasteiger partial charge in [0, 0.05) is 23.2 Å². The van der Waals surface area contributed by atoms with E-state index in [1.54, 1.807) is 56.3 Å². The number of amides is 2. The van der Waals surface area contributed by atoms with E-state index in [9.17, 15) is 9.59 Å². The molecular formula is C26H34N10O2. The van der Waals surface area contributed by atoms with Gasteiger partial charge in [-0.15, -0.1) is 10.2 Å². The third kappa shape index (κ3) is 7.88. The number of nitrogens with one attached hydrogen (secondary N) is 2. The van der Waals surface area contributed by atoms with Gasteiger partial charge < -0.3 is 33.6 Å². The summed E-state index contributed by atoms with van der Waals surface area (Å²) in [5.41, 5.74) is 25.0. The van der Waals surface area contributed by atoms with Gasteiger partial charge in [0.2, 0.25) is 11.9 Å². The molecule has 1 aliphatic rings. The van der Waals surface area contributed by atoms with Crippen LogP contribution in [-0.4, -0.2) is 47.2 Å². The standard InChI is InChI=1S/C26H34N10O2/c1-15(33-35-25(27)28)17-10-12-18(13-11-17)23(37)31-21-8-3-4-9-22(21)32-24(38)20-7-5-6-19(14-20)16(2)34-36-26(29)30/h5-7,10-14,21-22H,3-4,8-9H2,1-2H3,(H,31,37)(H,32,38)(H4,27,28,35)(H4,29,30,36)/b33-15+,34-16+/t21?,22-/m1/s1. The van der Waals surface area contributed by atoms with Gasteiger partial charge in [-0.1, -0.05) is 37.1 Å². The summed E-state index contributed by atoms with van der Waals surface area (Å²) in [4.78, 5) is 26.1. The summed E-state index contributed by atoms with van der Waals surface area (Å²) in [6.07, 6.45) is 3.46. The highest BCUT2D eigenvalue weighted by molar-refractivity contribution is 6.03. The minimum atomic E-state index is -0.229. The van der Waals surface area contributed by atoms with E-state index in [0.717, 1.165) is 36.8 Å². The normalized spacial score (nSPS) is 17.7. The number of carbonyl (C=O) groups is 2. The minimum absolute atomic E-state index is 0.131. The predicted octanol–water partition coefficient (Wildman–Crippen LogP) is 1.15. The first-order valence-corrected chi connectivity index (χ1v) is 12.2. The van der Waals surface area contributed by atoms with Crippen molar-refractivity contribution in [2.75, 3.05) is 0 Å². The summed E-state index contributed by atoms with van der Waals surface area (Å²) >= 11 is 0. The molecule has 3 rings (SSSR count). The maximum atomic E-state index is 13.1. The van der Waals surface area contributed by atoms with Crippen molar-refractivity contribution in [3.8, 4) is 0 Å². The van der Waals surface area contributed by atoms with Crippen LogP contribution in [0.5, 0.6) is 0 Å². The minimum Gasteiger partial charge on any atom is -0.369 e. The molecule has 12 nitrogen and oxygen atoms in total. The second kappa shape index (κ2) is 13.0. The summed E-state index contributed by atoms with van der Waals surface area (Å²) in [6, 6.07) is 13.6. The highest BCUT2D eigenvalue weighted by Gasteiger charge is 2.28. The van der Waals surface area contributed by atoms with Crippen LogP contribution in [0.15, 0.2) is 68.9 Å². The Morgan fingerprint density at radius 2 is 1.11 bits per heavy atom. The molecule has 0 aliphatic heterocycles. The molecule has 1 fully saturated rings. The topological polar surface area (TPSA) is 212 Å². The van der Waals surface area contributed by atoms with Crippen molar-refractivity contribution in [1.82, 2.24) is 10.6 Å². The van der Waals surface area contributed by atoms with Crippen molar-refractivity contribution >= 4 is 35.2 Å². The Morgan fingerprint density at radius 3 is 1.63 bits per heavy atom. The van der Waals surface area contributed by atoms with Gasteiger partial charge in [-0.05, 0) is 62.1 Å². The number of nitrogens with zero attached hydrogens (tertiary/aromatic N) is 4. The molecule has 0 spiro atoms. The Morgan fingerprint density at radius 1 is 0.658 bits per heavy atom. The molecule has 0 bridgehead atoms. The molecule has 0 heterocycles. The maximum absolute atomic E-state index is 13.1. The van der Waals surface area contributed by atoms with Crippen LogP contribution in [0.25, 0.3) is 0 Å². The summed E-state index contributed by atoms with van der Waals surface area (Å²) in [5.74, 6) is -0.719. The Bertz CT molecular complexity index is 1270. The van der Waals surface area contributed by atoms with E-state index in [2.05, 4.69) is 31.0 Å². The van der Waals surface area contributed by atoms with Gasteiger partial charge in [0.25, 0.3) is 11.8 Å². The molecule has 1 aliphatic carbocycles. The van der Waals surface area contributed by atoms with Crippen molar-refractivity contribution in [2.45, 2.75) is 51.6 Å². The van der Waals surface area contributed by atoms with Crippen molar-refractivity contribution < 1.29 is 9.59 Å². The lowest BCUT2D eigenvalue weighted by Crippen LogP contribution is -2.53. The van der Waals surface area contributed by atoms with Crippen LogP contribution >= 0.6 is 0 Å². The number of guanidine groups is 2. The Hall–Kier alpha value is -4.74. The molecule has 0 radical (unpaired) electrons. The predicted molar refractivity (Wildman–Crippen MR) is 150 cm³/mol. The molecule has 0 saturated heterocycles. The Labute approximate surface area is 221 Å². The van der Waals surface area contributed by atoms with Gasteiger partial charge in [0.1, 0.15) is 0 Å². The molecule has 38 heavy (non-hydrogen) atoms. The van der Waals surface area contributed by atoms with E-state index in [0.29, 0.717) is 22.6 Å². The fraction of sp³-hybridized carbons (Fsp3) is 0.308. The molecule has 2 aromatic carbocycles. The second-order valence-electron chi connectivity index (χ2n) is 9.02. The quantitative estimate of drug-likeness (QED) is 0.171. The fourth-order valence-corrected chi connectivity index (χ4v) is 4.11. The maximum Gasteiger partial charge on any atom is 0.251 e. The van der Waals surface area contributed by atoms with E-state index in [1.807, 2.05) is 6.07 Å². The molecule has 2 amide bonds. The summed E-state index contributed by atoms with van der Waals surface area (Å²) in [6.45, 7) is 3.52. The van der Waals surface area contributed by atoms with E-state index >= 15 is 0 Å². The molecule has 1 unspecified atom stereocenters. The average molecular weight is 519 g/mol. The van der Waals surface area contributed by atoms with Crippen molar-refractivity contribution in [1.29, 1.82) is 0 Å². The van der Waals surface area contributed by atoms with Crippen LogP contribution in [0, 0.1) is 0 Å². The van der Waals surface area contributed by atoms with Crippen LogP contribution in [0.2, 0.25) is 0 Å². The summed E-state index contributed by atoms with van der Waals surface area (Å²) in [5, 5.41) is 21.4. The van der Waals surface area contributed by atoms with E-state index in [1.165, 1.54) is 0 Å². The number of hydrogen-bond acceptors (Lipinski definition) is 6. The van der Waals surface area contributed by atoms with Crippen LogP contribution in [-0.2, 0) is 0 Å². The third-order valence-electron chi connectivity index (χ3n) is 6.14. The van der Waals surface area contributed by atoms with Crippen molar-refractivity contribution in [2.24, 2.45) is 43.3 Å². The molecule has 1 saturated carbocycles. The number of benzene rings is 2. The highest BCUT2D eigenvalue weighted by Crippen LogP contribution is 2.20. The van der Waals surface area contributed by atoms with E-state index in [4.69, 9.17) is 22.9 Å². The molecular weight excluding hydrogens is 484 g/mol. The highest BCUT2D eigenvalue weighted by atomic mass is 16.2. The Kier molecular flexibility index (Phi) is 9.52. The number of rotatable bonds is 8. The van der Waals surface area contributed by atoms with Gasteiger partial charge in [-0.25, -0.2) is 0 Å². The van der Waals surface area contributed by atoms with Gasteiger partial charge in [0.15, 0.2) is 0 Å². The second-order valence-corrected chi connectivity index (χ2v) is 9.02. The zero-order valence-electron chi connectivity index (χ0n) is 21.5. The Balaban J connectivity index is 1.67. The lowest BCUT2D eigenvalue weighted by Gasteiger charge is -2.33. The monoisotopic (exact) mass is 518 g/mol. The van der Waals surface area contributed by atoms with Crippen LogP contribution in [0.3, 0.4) is 0 Å². The van der Waals surface area contributed by atoms with Crippen molar-refractivity contribution in [3.63, 3.8) is 0 Å². The summed E-state index contributed by atoms with van der Waals surface area (Å²) in [7, 11) is 0. The first-order valence-electron chi connectivity index (χ1n) is 12.2. The fourth-order valence-electron chi connectivity index (χ4n) is 4.11. The lowest BCUT2D eigenvalue weighted by atomic mass is 9.89. The van der Waals surface area contributed by atoms with E-state index < -0.39 is 0 Å². The zero-order chi connectivity index (χ0) is 27.7. The van der Waals surface area contributed by atoms with Crippen LogP contribution in [0.1, 0.15) is 71.4 Å². The van der Waals surface area contributed by atoms with Crippen LogP contribution < -0.4 is 33.6 Å². The number of hydrogen-bond donors (Lipinski definition) is 6. The average Bonchev–Trinajstić information content (AvgIpc) is 2.91. The summed E-state index contributed by atoms with van der Waals surface area (Å²) < 4.78 is 0. The first-order chi connectivity index (χ1) is 18.1. The number of nitrogens with two attached hydrogens (primary N) is 4. The lowest BCUT2D eigenvalue weighted by molar-refractivity contribution is 0.0863. The SMILES string of the molecule is C/C(=N\N=C(N)N)c1ccc(C(=O)NC2CCCC[C@H]2NC(=O)c2cccc(/C(C)=N/N=C(N)N)c2)cc1. The van der Waals surface area contributed by atoms with Gasteiger partial charge in [-0.3, -0.25) is 9.59 Å². The molecule has 2 aromatic rings. The smallest absolute Gasteiger partial charge is 0.251 e. The molecule has 200 valence electrons. The number of carbonyl (C=O) groups excluding carboxylic acids is 2. The molecule has 12 heteroatoms. The van der Waals surface area contributed by atoms with Gasteiger partial charge in [-0.2, -0.15) is 10.2 Å². The molecule has 10 N–H and O–H groups in total. The van der Waals surface area contributed by atoms with Crippen LogP contribution in [0.4, 0.5) is 0 Å². The third-order valence-corrected chi connectivity index (χ3v) is 6.14. The van der Waals surface area contributed by atoms with Gasteiger partial charge in [0.05, 0.1) is 11.4 Å².